The molecule has 0 bridgehead atoms. The SMILES string of the molecule is COCC(Nc1cccc(C(N)=O)c1C)c1ccccc1. The Bertz CT molecular complexity index is 611. The Morgan fingerprint density at radius 1 is 1.19 bits per heavy atom. The van der Waals surface area contributed by atoms with E-state index in [2.05, 4.69) is 5.32 Å². The minimum atomic E-state index is -0.417. The Morgan fingerprint density at radius 2 is 1.90 bits per heavy atom. The zero-order valence-electron chi connectivity index (χ0n) is 12.3. The number of nitrogens with one attached hydrogen (secondary N) is 1. The molecule has 1 unspecified atom stereocenters. The third kappa shape index (κ3) is 3.61. The predicted molar refractivity (Wildman–Crippen MR) is 84.4 cm³/mol. The summed E-state index contributed by atoms with van der Waals surface area (Å²) in [5.41, 5.74) is 8.79. The molecule has 0 spiro atoms. The molecule has 4 heteroatoms. The average molecular weight is 284 g/mol. The molecule has 0 heterocycles. The summed E-state index contributed by atoms with van der Waals surface area (Å²) in [5, 5.41) is 3.43. The summed E-state index contributed by atoms with van der Waals surface area (Å²) in [6.45, 7) is 2.42. The van der Waals surface area contributed by atoms with Gasteiger partial charge in [-0.15, -0.1) is 0 Å². The molecule has 0 radical (unpaired) electrons. The normalized spacial score (nSPS) is 11.9. The van der Waals surface area contributed by atoms with Gasteiger partial charge in [0.15, 0.2) is 0 Å². The second-order valence-electron chi connectivity index (χ2n) is 4.91. The van der Waals surface area contributed by atoms with E-state index in [-0.39, 0.29) is 6.04 Å². The van der Waals surface area contributed by atoms with Gasteiger partial charge in [0, 0.05) is 18.4 Å². The van der Waals surface area contributed by atoms with Crippen LogP contribution in [-0.2, 0) is 4.74 Å². The quantitative estimate of drug-likeness (QED) is 0.857. The van der Waals surface area contributed by atoms with Crippen molar-refractivity contribution in [3.63, 3.8) is 0 Å². The molecule has 0 fully saturated rings. The van der Waals surface area contributed by atoms with Gasteiger partial charge in [-0.2, -0.15) is 0 Å². The number of amides is 1. The van der Waals surface area contributed by atoms with Gasteiger partial charge in [0.1, 0.15) is 0 Å². The average Bonchev–Trinajstić information content (AvgIpc) is 2.49. The summed E-state index contributed by atoms with van der Waals surface area (Å²) in [5.74, 6) is -0.417. The fraction of sp³-hybridized carbons (Fsp3) is 0.235. The lowest BCUT2D eigenvalue weighted by atomic mass is 10.0. The van der Waals surface area contributed by atoms with Gasteiger partial charge in [-0.3, -0.25) is 4.79 Å². The number of hydrogen-bond donors (Lipinski definition) is 2. The van der Waals surface area contributed by atoms with E-state index >= 15 is 0 Å². The molecule has 3 N–H and O–H groups in total. The smallest absolute Gasteiger partial charge is 0.249 e. The molecule has 0 saturated carbocycles. The highest BCUT2D eigenvalue weighted by Gasteiger charge is 2.14. The Hall–Kier alpha value is -2.33. The summed E-state index contributed by atoms with van der Waals surface area (Å²) in [6.07, 6.45) is 0. The summed E-state index contributed by atoms with van der Waals surface area (Å²) >= 11 is 0. The number of rotatable bonds is 6. The number of primary amides is 1. The van der Waals surface area contributed by atoms with Crippen LogP contribution in [0.3, 0.4) is 0 Å². The molecule has 4 nitrogen and oxygen atoms in total. The van der Waals surface area contributed by atoms with Crippen molar-refractivity contribution < 1.29 is 9.53 Å². The van der Waals surface area contributed by atoms with E-state index in [1.54, 1.807) is 13.2 Å². The van der Waals surface area contributed by atoms with Crippen LogP contribution in [0.15, 0.2) is 48.5 Å². The lowest BCUT2D eigenvalue weighted by molar-refractivity contribution is 0.1000. The van der Waals surface area contributed by atoms with Crippen LogP contribution in [-0.4, -0.2) is 19.6 Å². The topological polar surface area (TPSA) is 64.3 Å². The number of anilines is 1. The molecule has 0 aliphatic rings. The highest BCUT2D eigenvalue weighted by molar-refractivity contribution is 5.95. The molecule has 2 aromatic carbocycles. The number of nitrogens with two attached hydrogens (primary N) is 1. The van der Waals surface area contributed by atoms with Crippen molar-refractivity contribution in [3.8, 4) is 0 Å². The number of carbonyl (C=O) groups is 1. The van der Waals surface area contributed by atoms with E-state index in [0.29, 0.717) is 12.2 Å². The highest BCUT2D eigenvalue weighted by atomic mass is 16.5. The van der Waals surface area contributed by atoms with E-state index in [0.717, 1.165) is 16.8 Å². The Balaban J connectivity index is 2.30. The van der Waals surface area contributed by atoms with Crippen molar-refractivity contribution in [2.75, 3.05) is 19.0 Å². The molecule has 2 aromatic rings. The molecule has 21 heavy (non-hydrogen) atoms. The molecule has 1 atom stereocenters. The van der Waals surface area contributed by atoms with Gasteiger partial charge in [0.05, 0.1) is 12.6 Å². The second kappa shape index (κ2) is 6.90. The Labute approximate surface area is 124 Å². The molecule has 1 amide bonds. The first-order valence-corrected chi connectivity index (χ1v) is 6.83. The van der Waals surface area contributed by atoms with Gasteiger partial charge in [0.2, 0.25) is 5.91 Å². The van der Waals surface area contributed by atoms with Crippen molar-refractivity contribution in [3.05, 3.63) is 65.2 Å². The van der Waals surface area contributed by atoms with E-state index in [9.17, 15) is 4.79 Å². The van der Waals surface area contributed by atoms with E-state index < -0.39 is 5.91 Å². The fourth-order valence-corrected chi connectivity index (χ4v) is 2.32. The van der Waals surface area contributed by atoms with E-state index in [1.165, 1.54) is 0 Å². The van der Waals surface area contributed by atoms with Crippen molar-refractivity contribution in [1.82, 2.24) is 0 Å². The fourth-order valence-electron chi connectivity index (χ4n) is 2.32. The number of benzene rings is 2. The molecule has 110 valence electrons. The predicted octanol–water partition coefficient (Wildman–Crippen LogP) is 2.89. The molecule has 0 aromatic heterocycles. The number of hydrogen-bond acceptors (Lipinski definition) is 3. The summed E-state index contributed by atoms with van der Waals surface area (Å²) in [6, 6.07) is 15.6. The van der Waals surface area contributed by atoms with Crippen LogP contribution in [0.25, 0.3) is 0 Å². The zero-order valence-corrected chi connectivity index (χ0v) is 12.3. The molecule has 0 aliphatic carbocycles. The van der Waals surface area contributed by atoms with Gasteiger partial charge < -0.3 is 15.8 Å². The number of carbonyl (C=O) groups excluding carboxylic acids is 1. The van der Waals surface area contributed by atoms with Crippen LogP contribution in [0.2, 0.25) is 0 Å². The third-order valence-corrected chi connectivity index (χ3v) is 3.46. The van der Waals surface area contributed by atoms with Crippen molar-refractivity contribution in [2.45, 2.75) is 13.0 Å². The van der Waals surface area contributed by atoms with Gasteiger partial charge >= 0.3 is 0 Å². The van der Waals surface area contributed by atoms with Crippen LogP contribution in [0.5, 0.6) is 0 Å². The number of methoxy groups -OCH3 is 1. The maximum absolute atomic E-state index is 11.4. The van der Waals surface area contributed by atoms with Crippen LogP contribution >= 0.6 is 0 Å². The minimum absolute atomic E-state index is 0.0121. The number of ether oxygens (including phenoxy) is 1. The second-order valence-corrected chi connectivity index (χ2v) is 4.91. The maximum Gasteiger partial charge on any atom is 0.249 e. The minimum Gasteiger partial charge on any atom is -0.382 e. The first-order valence-electron chi connectivity index (χ1n) is 6.83. The van der Waals surface area contributed by atoms with Crippen molar-refractivity contribution >= 4 is 11.6 Å². The lowest BCUT2D eigenvalue weighted by Gasteiger charge is -2.21. The van der Waals surface area contributed by atoms with Gasteiger partial charge in [-0.25, -0.2) is 0 Å². The Morgan fingerprint density at radius 3 is 2.52 bits per heavy atom. The van der Waals surface area contributed by atoms with Gasteiger partial charge in [-0.05, 0) is 30.2 Å². The van der Waals surface area contributed by atoms with Gasteiger partial charge in [0.25, 0.3) is 0 Å². The summed E-state index contributed by atoms with van der Waals surface area (Å²) in [4.78, 5) is 11.4. The van der Waals surface area contributed by atoms with Gasteiger partial charge in [-0.1, -0.05) is 36.4 Å². The molecule has 0 aliphatic heterocycles. The van der Waals surface area contributed by atoms with Crippen LogP contribution in [0, 0.1) is 6.92 Å². The monoisotopic (exact) mass is 284 g/mol. The maximum atomic E-state index is 11.4. The standard InChI is InChI=1S/C17H20N2O2/c1-12-14(17(18)20)9-6-10-15(12)19-16(11-21-2)13-7-4-3-5-8-13/h3-10,16,19H,11H2,1-2H3,(H2,18,20). The molecule has 0 saturated heterocycles. The lowest BCUT2D eigenvalue weighted by Crippen LogP contribution is -2.18. The van der Waals surface area contributed by atoms with Crippen molar-refractivity contribution in [2.24, 2.45) is 5.73 Å². The summed E-state index contributed by atoms with van der Waals surface area (Å²) < 4.78 is 5.29. The molecule has 2 rings (SSSR count). The highest BCUT2D eigenvalue weighted by Crippen LogP contribution is 2.24. The van der Waals surface area contributed by atoms with E-state index in [1.807, 2.05) is 49.4 Å². The Kier molecular flexibility index (Phi) is 4.95. The van der Waals surface area contributed by atoms with Crippen LogP contribution in [0.1, 0.15) is 27.5 Å². The molecular weight excluding hydrogens is 264 g/mol. The summed E-state index contributed by atoms with van der Waals surface area (Å²) in [7, 11) is 1.67. The van der Waals surface area contributed by atoms with E-state index in [4.69, 9.17) is 10.5 Å². The largest absolute Gasteiger partial charge is 0.382 e. The zero-order chi connectivity index (χ0) is 15.2. The van der Waals surface area contributed by atoms with Crippen LogP contribution in [0.4, 0.5) is 5.69 Å². The third-order valence-electron chi connectivity index (χ3n) is 3.46. The first-order chi connectivity index (χ1) is 10.1. The first kappa shape index (κ1) is 15.1. The van der Waals surface area contributed by atoms with Crippen molar-refractivity contribution in [1.29, 1.82) is 0 Å². The molecular formula is C17H20N2O2. The van der Waals surface area contributed by atoms with Crippen LogP contribution < -0.4 is 11.1 Å².